The summed E-state index contributed by atoms with van der Waals surface area (Å²) in [5.74, 6) is 0.941. The van der Waals surface area contributed by atoms with Crippen LogP contribution in [-0.4, -0.2) is 62.6 Å². The highest BCUT2D eigenvalue weighted by Gasteiger charge is 2.21. The quantitative estimate of drug-likeness (QED) is 0.754. The first-order valence-electron chi connectivity index (χ1n) is 7.03. The van der Waals surface area contributed by atoms with E-state index in [-0.39, 0.29) is 12.7 Å². The number of hydrogen-bond donors (Lipinski definition) is 1. The molecule has 0 aromatic carbocycles. The molecular weight excluding hydrogens is 246 g/mol. The maximum absolute atomic E-state index is 8.74. The summed E-state index contributed by atoms with van der Waals surface area (Å²) in [4.78, 5) is 2.36. The molecule has 0 atom stereocenters. The molecule has 0 aliphatic carbocycles. The average molecular weight is 269 g/mol. The lowest BCUT2D eigenvalue weighted by Crippen LogP contribution is -2.37. The van der Waals surface area contributed by atoms with Crippen molar-refractivity contribution < 1.29 is 9.84 Å². The van der Waals surface area contributed by atoms with E-state index in [1.54, 1.807) is 0 Å². The molecule has 0 radical (unpaired) electrons. The van der Waals surface area contributed by atoms with E-state index in [0.717, 1.165) is 51.3 Å². The van der Waals surface area contributed by atoms with E-state index in [1.165, 1.54) is 0 Å². The van der Waals surface area contributed by atoms with Crippen LogP contribution in [0.15, 0.2) is 0 Å². The van der Waals surface area contributed by atoms with E-state index >= 15 is 0 Å². The van der Waals surface area contributed by atoms with Gasteiger partial charge in [0.1, 0.15) is 0 Å². The third-order valence-electron chi connectivity index (χ3n) is 3.39. The van der Waals surface area contributed by atoms with Gasteiger partial charge in [-0.1, -0.05) is 6.92 Å². The molecule has 7 nitrogen and oxygen atoms in total. The third kappa shape index (κ3) is 4.22. The molecule has 1 fully saturated rings. The number of aliphatic hydroxyl groups excluding tert-OH is 1. The van der Waals surface area contributed by atoms with Crippen LogP contribution in [0.25, 0.3) is 0 Å². The summed E-state index contributed by atoms with van der Waals surface area (Å²) < 4.78 is 7.44. The van der Waals surface area contributed by atoms with Crippen LogP contribution >= 0.6 is 0 Å². The van der Waals surface area contributed by atoms with Crippen LogP contribution < -0.4 is 0 Å². The lowest BCUT2D eigenvalue weighted by Gasteiger charge is -2.31. The Kier molecular flexibility index (Phi) is 5.68. The van der Waals surface area contributed by atoms with Gasteiger partial charge in [-0.15, -0.1) is 5.10 Å². The molecule has 0 bridgehead atoms. The Balaban J connectivity index is 1.77. The van der Waals surface area contributed by atoms with Gasteiger partial charge in [-0.2, -0.15) is 0 Å². The summed E-state index contributed by atoms with van der Waals surface area (Å²) in [5.41, 5.74) is 0. The van der Waals surface area contributed by atoms with Crippen molar-refractivity contribution in [3.8, 4) is 0 Å². The molecule has 0 amide bonds. The summed E-state index contributed by atoms with van der Waals surface area (Å²) in [7, 11) is 0. The monoisotopic (exact) mass is 269 g/mol. The van der Waals surface area contributed by atoms with Crippen LogP contribution in [0.3, 0.4) is 0 Å². The molecule has 1 aromatic rings. The molecule has 1 aromatic heterocycles. The Hall–Kier alpha value is -1.05. The Morgan fingerprint density at radius 3 is 2.84 bits per heavy atom. The van der Waals surface area contributed by atoms with Crippen molar-refractivity contribution in [3.63, 3.8) is 0 Å². The largest absolute Gasteiger partial charge is 0.394 e. The molecule has 0 unspecified atom stereocenters. The molecule has 1 aliphatic rings. The minimum Gasteiger partial charge on any atom is -0.394 e. The fourth-order valence-electron chi connectivity index (χ4n) is 2.38. The average Bonchev–Trinajstić information content (AvgIpc) is 2.86. The number of tetrazole rings is 1. The van der Waals surface area contributed by atoms with Crippen molar-refractivity contribution >= 4 is 0 Å². The number of nitrogens with zero attached hydrogens (tertiary/aromatic N) is 5. The number of ether oxygens (including phenoxy) is 1. The van der Waals surface area contributed by atoms with Gasteiger partial charge in [0.25, 0.3) is 0 Å². The predicted molar refractivity (Wildman–Crippen MR) is 69.4 cm³/mol. The van der Waals surface area contributed by atoms with E-state index in [9.17, 15) is 0 Å². The SMILES string of the molecule is CCCn1nnnc1CN1CCC(OCCO)CC1. The normalized spacial score (nSPS) is 18.0. The highest BCUT2D eigenvalue weighted by Crippen LogP contribution is 2.15. The topological polar surface area (TPSA) is 76.3 Å². The Morgan fingerprint density at radius 1 is 1.37 bits per heavy atom. The zero-order valence-corrected chi connectivity index (χ0v) is 11.5. The lowest BCUT2D eigenvalue weighted by atomic mass is 10.1. The fraction of sp³-hybridized carbons (Fsp3) is 0.917. The molecule has 2 rings (SSSR count). The van der Waals surface area contributed by atoms with Crippen molar-refractivity contribution in [2.24, 2.45) is 0 Å². The first kappa shape index (κ1) is 14.4. The Morgan fingerprint density at radius 2 is 2.16 bits per heavy atom. The highest BCUT2D eigenvalue weighted by molar-refractivity contribution is 4.83. The number of piperidine rings is 1. The zero-order chi connectivity index (χ0) is 13.5. The molecule has 1 saturated heterocycles. The predicted octanol–water partition coefficient (Wildman–Crippen LogP) is 0.0564. The van der Waals surface area contributed by atoms with Gasteiger partial charge in [-0.25, -0.2) is 4.68 Å². The molecule has 2 heterocycles. The molecular formula is C12H23N5O2. The molecule has 19 heavy (non-hydrogen) atoms. The summed E-state index contributed by atoms with van der Waals surface area (Å²) in [6, 6.07) is 0. The van der Waals surface area contributed by atoms with E-state index in [2.05, 4.69) is 27.3 Å². The van der Waals surface area contributed by atoms with Gasteiger partial charge in [0.05, 0.1) is 25.9 Å². The van der Waals surface area contributed by atoms with Crippen LogP contribution in [-0.2, 0) is 17.8 Å². The van der Waals surface area contributed by atoms with Gasteiger partial charge in [-0.3, -0.25) is 4.90 Å². The molecule has 1 N–H and O–H groups in total. The maximum atomic E-state index is 8.74. The second-order valence-corrected chi connectivity index (χ2v) is 4.89. The van der Waals surface area contributed by atoms with E-state index in [0.29, 0.717) is 6.61 Å². The Bertz CT molecular complexity index is 363. The van der Waals surface area contributed by atoms with E-state index in [1.807, 2.05) is 4.68 Å². The molecule has 0 saturated carbocycles. The van der Waals surface area contributed by atoms with E-state index in [4.69, 9.17) is 9.84 Å². The molecule has 7 heteroatoms. The number of likely N-dealkylation sites (tertiary alicyclic amines) is 1. The lowest BCUT2D eigenvalue weighted by molar-refractivity contribution is -0.00957. The number of aliphatic hydroxyl groups is 1. The number of hydrogen-bond acceptors (Lipinski definition) is 6. The van der Waals surface area contributed by atoms with Crippen molar-refractivity contribution in [3.05, 3.63) is 5.82 Å². The van der Waals surface area contributed by atoms with Crippen LogP contribution in [0.2, 0.25) is 0 Å². The summed E-state index contributed by atoms with van der Waals surface area (Å²) >= 11 is 0. The van der Waals surface area contributed by atoms with Crippen LogP contribution in [0.4, 0.5) is 0 Å². The van der Waals surface area contributed by atoms with Gasteiger partial charge in [-0.05, 0) is 29.7 Å². The minimum absolute atomic E-state index is 0.103. The smallest absolute Gasteiger partial charge is 0.165 e. The summed E-state index contributed by atoms with van der Waals surface area (Å²) in [6.45, 7) is 6.34. The number of rotatable bonds is 7. The molecule has 108 valence electrons. The van der Waals surface area contributed by atoms with Crippen LogP contribution in [0, 0.1) is 0 Å². The molecule has 1 aliphatic heterocycles. The summed E-state index contributed by atoms with van der Waals surface area (Å²) in [6.07, 6.45) is 3.34. The Labute approximate surface area is 113 Å². The first-order chi connectivity index (χ1) is 9.33. The van der Waals surface area contributed by atoms with E-state index < -0.39 is 0 Å². The third-order valence-corrected chi connectivity index (χ3v) is 3.39. The van der Waals surface area contributed by atoms with Crippen LogP contribution in [0.5, 0.6) is 0 Å². The van der Waals surface area contributed by atoms with Gasteiger partial charge >= 0.3 is 0 Å². The van der Waals surface area contributed by atoms with Gasteiger partial charge < -0.3 is 9.84 Å². The van der Waals surface area contributed by atoms with Gasteiger partial charge in [0, 0.05) is 19.6 Å². The number of aromatic nitrogens is 4. The van der Waals surface area contributed by atoms with Crippen LogP contribution in [0.1, 0.15) is 32.0 Å². The second kappa shape index (κ2) is 7.52. The van der Waals surface area contributed by atoms with Crippen molar-refractivity contribution in [2.75, 3.05) is 26.3 Å². The van der Waals surface area contributed by atoms with Crippen molar-refractivity contribution in [1.29, 1.82) is 0 Å². The van der Waals surface area contributed by atoms with Crippen molar-refractivity contribution in [2.45, 2.75) is 45.4 Å². The van der Waals surface area contributed by atoms with Gasteiger partial charge in [0.15, 0.2) is 5.82 Å². The zero-order valence-electron chi connectivity index (χ0n) is 11.5. The molecule has 0 spiro atoms. The first-order valence-corrected chi connectivity index (χ1v) is 7.03. The number of aryl methyl sites for hydroxylation is 1. The van der Waals surface area contributed by atoms with Gasteiger partial charge in [0.2, 0.25) is 0 Å². The standard InChI is InChI=1S/C12H23N5O2/c1-2-5-17-12(13-14-15-17)10-16-6-3-11(4-7-16)19-9-8-18/h11,18H,2-10H2,1H3. The fourth-order valence-corrected chi connectivity index (χ4v) is 2.38. The summed E-state index contributed by atoms with van der Waals surface area (Å²) in [5, 5.41) is 20.6. The minimum atomic E-state index is 0.103. The maximum Gasteiger partial charge on any atom is 0.165 e. The second-order valence-electron chi connectivity index (χ2n) is 4.89. The van der Waals surface area contributed by atoms with Crippen molar-refractivity contribution in [1.82, 2.24) is 25.1 Å². The highest BCUT2D eigenvalue weighted by atomic mass is 16.5.